The molecule has 0 aromatic heterocycles. The lowest BCUT2D eigenvalue weighted by Crippen LogP contribution is -2.38. The third-order valence-corrected chi connectivity index (χ3v) is 2.37. The number of nitrogens with zero attached hydrogens (tertiary/aromatic N) is 1. The first-order chi connectivity index (χ1) is 6.49. The van der Waals surface area contributed by atoms with E-state index < -0.39 is 0 Å². The molecule has 0 aliphatic carbocycles. The normalized spacial score (nSPS) is 15.3. The van der Waals surface area contributed by atoms with Crippen LogP contribution >= 0.6 is 0 Å². The Kier molecular flexibility index (Phi) is 6.49. The van der Waals surface area contributed by atoms with E-state index >= 15 is 0 Å². The predicted octanol–water partition coefficient (Wildman–Crippen LogP) is 0.641. The minimum Gasteiger partial charge on any atom is -0.466 e. The molecule has 2 atom stereocenters. The second kappa shape index (κ2) is 6.79. The Balaban J connectivity index is 3.73. The van der Waals surface area contributed by atoms with Crippen LogP contribution in [0.15, 0.2) is 0 Å². The minimum atomic E-state index is -0.387. The highest BCUT2D eigenvalue weighted by Gasteiger charge is 2.15. The van der Waals surface area contributed by atoms with Gasteiger partial charge in [-0.3, -0.25) is 4.79 Å². The van der Waals surface area contributed by atoms with Crippen molar-refractivity contribution in [3.63, 3.8) is 0 Å². The molecule has 2 unspecified atom stereocenters. The monoisotopic (exact) mass is 203 g/mol. The van der Waals surface area contributed by atoms with Gasteiger partial charge >= 0.3 is 5.97 Å². The zero-order valence-electron chi connectivity index (χ0n) is 9.49. The molecule has 0 aromatic carbocycles. The molecule has 0 saturated carbocycles. The Morgan fingerprint density at radius 1 is 1.50 bits per heavy atom. The molecule has 4 nitrogen and oxygen atoms in total. The number of carbonyl (C=O) groups excluding carboxylic acids is 1. The second-order valence-electron chi connectivity index (χ2n) is 3.52. The smallest absolute Gasteiger partial charge is 0.307 e. The van der Waals surface area contributed by atoms with Crippen LogP contribution in [0.1, 0.15) is 27.2 Å². The summed E-state index contributed by atoms with van der Waals surface area (Å²) in [4.78, 5) is 13.0. The maximum atomic E-state index is 11.0. The van der Waals surface area contributed by atoms with E-state index in [1.165, 1.54) is 0 Å². The van der Waals surface area contributed by atoms with Crippen molar-refractivity contribution in [2.75, 3.05) is 20.2 Å². The number of hydrogen-bond donors (Lipinski definition) is 1. The number of aliphatic hydroxyl groups excluding tert-OH is 1. The molecule has 14 heavy (non-hydrogen) atoms. The largest absolute Gasteiger partial charge is 0.466 e. The van der Waals surface area contributed by atoms with Crippen molar-refractivity contribution < 1.29 is 14.6 Å². The SMILES string of the molecule is CCOC(=O)CCN(C)C(C)C(C)O. The first kappa shape index (κ1) is 13.4. The van der Waals surface area contributed by atoms with Gasteiger partial charge < -0.3 is 14.7 Å². The summed E-state index contributed by atoms with van der Waals surface area (Å²) in [5, 5.41) is 9.30. The van der Waals surface area contributed by atoms with Crippen LogP contribution in [0.3, 0.4) is 0 Å². The topological polar surface area (TPSA) is 49.8 Å². The quantitative estimate of drug-likeness (QED) is 0.644. The van der Waals surface area contributed by atoms with Crippen molar-refractivity contribution in [1.29, 1.82) is 0 Å². The molecule has 4 heteroatoms. The summed E-state index contributed by atoms with van der Waals surface area (Å²) in [7, 11) is 1.89. The number of hydrogen-bond acceptors (Lipinski definition) is 4. The van der Waals surface area contributed by atoms with Crippen molar-refractivity contribution in [2.45, 2.75) is 39.3 Å². The van der Waals surface area contributed by atoms with Crippen molar-refractivity contribution in [3.8, 4) is 0 Å². The van der Waals surface area contributed by atoms with Crippen LogP contribution < -0.4 is 0 Å². The molecule has 0 rings (SSSR count). The van der Waals surface area contributed by atoms with Crippen molar-refractivity contribution >= 4 is 5.97 Å². The Morgan fingerprint density at radius 3 is 2.50 bits per heavy atom. The van der Waals surface area contributed by atoms with Crippen LogP contribution in [0.25, 0.3) is 0 Å². The maximum absolute atomic E-state index is 11.0. The van der Waals surface area contributed by atoms with E-state index in [-0.39, 0.29) is 18.1 Å². The summed E-state index contributed by atoms with van der Waals surface area (Å²) in [6.07, 6.45) is -0.0105. The van der Waals surface area contributed by atoms with Gasteiger partial charge in [-0.25, -0.2) is 0 Å². The Bertz CT molecular complexity index is 171. The number of aliphatic hydroxyl groups is 1. The molecule has 0 aliphatic heterocycles. The number of esters is 1. The summed E-state index contributed by atoms with van der Waals surface area (Å²) >= 11 is 0. The molecule has 0 bridgehead atoms. The van der Waals surface area contributed by atoms with Gasteiger partial charge in [0.05, 0.1) is 19.1 Å². The van der Waals surface area contributed by atoms with E-state index in [1.807, 2.05) is 18.9 Å². The van der Waals surface area contributed by atoms with E-state index in [9.17, 15) is 9.90 Å². The predicted molar refractivity (Wildman–Crippen MR) is 55.0 cm³/mol. The third-order valence-electron chi connectivity index (χ3n) is 2.37. The van der Waals surface area contributed by atoms with Gasteiger partial charge in [0.1, 0.15) is 0 Å². The highest BCUT2D eigenvalue weighted by Crippen LogP contribution is 2.02. The molecule has 0 aromatic rings. The molecular formula is C10H21NO3. The molecule has 1 N–H and O–H groups in total. The van der Waals surface area contributed by atoms with Crippen LogP contribution in [0.2, 0.25) is 0 Å². The maximum Gasteiger partial charge on any atom is 0.307 e. The molecule has 0 amide bonds. The lowest BCUT2D eigenvalue weighted by molar-refractivity contribution is -0.143. The Morgan fingerprint density at radius 2 is 2.07 bits per heavy atom. The van der Waals surface area contributed by atoms with Crippen LogP contribution in [-0.4, -0.2) is 48.3 Å². The summed E-state index contributed by atoms with van der Waals surface area (Å²) < 4.78 is 4.80. The van der Waals surface area contributed by atoms with Crippen LogP contribution in [0.4, 0.5) is 0 Å². The molecular weight excluding hydrogens is 182 g/mol. The average Bonchev–Trinajstić information content (AvgIpc) is 2.13. The van der Waals surface area contributed by atoms with E-state index in [2.05, 4.69) is 0 Å². The van der Waals surface area contributed by atoms with Crippen LogP contribution in [0.5, 0.6) is 0 Å². The molecule has 0 fully saturated rings. The first-order valence-corrected chi connectivity index (χ1v) is 5.03. The van der Waals surface area contributed by atoms with Gasteiger partial charge in [-0.05, 0) is 27.8 Å². The highest BCUT2D eigenvalue weighted by atomic mass is 16.5. The minimum absolute atomic E-state index is 0.0597. The summed E-state index contributed by atoms with van der Waals surface area (Å²) in [6, 6.07) is 0.0597. The standard InChI is InChI=1S/C10H21NO3/c1-5-14-10(13)6-7-11(4)8(2)9(3)12/h8-9,12H,5-7H2,1-4H3. The first-order valence-electron chi connectivity index (χ1n) is 5.03. The van der Waals surface area contributed by atoms with E-state index in [0.29, 0.717) is 19.6 Å². The van der Waals surface area contributed by atoms with E-state index in [0.717, 1.165) is 0 Å². The van der Waals surface area contributed by atoms with Crippen LogP contribution in [0, 0.1) is 0 Å². The molecule has 0 heterocycles. The van der Waals surface area contributed by atoms with Gasteiger partial charge in [-0.1, -0.05) is 0 Å². The average molecular weight is 203 g/mol. The fourth-order valence-electron chi connectivity index (χ4n) is 1.07. The molecule has 0 aliphatic rings. The second-order valence-corrected chi connectivity index (χ2v) is 3.52. The third kappa shape index (κ3) is 5.19. The van der Waals surface area contributed by atoms with Gasteiger partial charge in [-0.15, -0.1) is 0 Å². The van der Waals surface area contributed by atoms with Gasteiger partial charge in [0.2, 0.25) is 0 Å². The highest BCUT2D eigenvalue weighted by molar-refractivity contribution is 5.69. The van der Waals surface area contributed by atoms with E-state index in [4.69, 9.17) is 4.74 Å². The fourth-order valence-corrected chi connectivity index (χ4v) is 1.07. The summed E-state index contributed by atoms with van der Waals surface area (Å²) in [5.74, 6) is -0.183. The number of carbonyl (C=O) groups is 1. The fraction of sp³-hybridized carbons (Fsp3) is 0.900. The van der Waals surface area contributed by atoms with Gasteiger partial charge in [-0.2, -0.15) is 0 Å². The zero-order valence-corrected chi connectivity index (χ0v) is 9.49. The van der Waals surface area contributed by atoms with Crippen molar-refractivity contribution in [1.82, 2.24) is 4.90 Å². The number of ether oxygens (including phenoxy) is 1. The summed E-state index contributed by atoms with van der Waals surface area (Å²) in [5.41, 5.74) is 0. The van der Waals surface area contributed by atoms with E-state index in [1.54, 1.807) is 13.8 Å². The molecule has 0 saturated heterocycles. The van der Waals surface area contributed by atoms with Gasteiger partial charge in [0, 0.05) is 12.6 Å². The Labute approximate surface area is 85.9 Å². The lowest BCUT2D eigenvalue weighted by atomic mass is 10.2. The Hall–Kier alpha value is -0.610. The number of likely N-dealkylation sites (N-methyl/N-ethyl adjacent to an activating group) is 1. The van der Waals surface area contributed by atoms with Crippen molar-refractivity contribution in [2.24, 2.45) is 0 Å². The summed E-state index contributed by atoms with van der Waals surface area (Å²) in [6.45, 7) is 6.50. The van der Waals surface area contributed by atoms with Crippen LogP contribution in [-0.2, 0) is 9.53 Å². The van der Waals surface area contributed by atoms with Crippen molar-refractivity contribution in [3.05, 3.63) is 0 Å². The zero-order chi connectivity index (χ0) is 11.1. The molecule has 84 valence electrons. The van der Waals surface area contributed by atoms with Gasteiger partial charge in [0.25, 0.3) is 0 Å². The van der Waals surface area contributed by atoms with Gasteiger partial charge in [0.15, 0.2) is 0 Å². The molecule has 0 radical (unpaired) electrons. The number of rotatable bonds is 6. The lowest BCUT2D eigenvalue weighted by Gasteiger charge is -2.26. The molecule has 0 spiro atoms.